The number of nitrogens with zero attached hydrogens (tertiary/aromatic N) is 4. The van der Waals surface area contributed by atoms with Crippen LogP contribution in [0.5, 0.6) is 0 Å². The molecular weight excluding hydrogens is 1030 g/mol. The minimum Gasteiger partial charge on any atom is -0.481 e. The lowest BCUT2D eigenvalue weighted by Gasteiger charge is -2.33. The zero-order valence-electron chi connectivity index (χ0n) is 44.0. The van der Waals surface area contributed by atoms with E-state index in [-0.39, 0.29) is 135 Å². The van der Waals surface area contributed by atoms with Crippen molar-refractivity contribution in [2.45, 2.75) is 69.5 Å². The number of carbonyl (C=O) groups is 10. The first-order valence-corrected chi connectivity index (χ1v) is 26.4. The van der Waals surface area contributed by atoms with E-state index in [1.807, 2.05) is 59.5 Å². The van der Waals surface area contributed by atoms with Crippen molar-refractivity contribution in [1.29, 1.82) is 0 Å². The van der Waals surface area contributed by atoms with Gasteiger partial charge in [-0.05, 0) is 77.6 Å². The van der Waals surface area contributed by atoms with E-state index in [9.17, 15) is 73.5 Å². The SMILES string of the molecule is O=C(O)CCC[C@H](NC(=O)N[C@@H](COCCNC(=O)[C@H](Cc1c2ccccc2cc2ccccc12)NC(=O)C1CCC(CNC(=O)CN2CCN(CC(=O)O)CCN(CC(=O)O)CCN(CC(=O)O)CC2)CC1)C(=O)O)C(=O)O. The second kappa shape index (κ2) is 31.8. The number of amides is 5. The van der Waals surface area contributed by atoms with Gasteiger partial charge in [0.2, 0.25) is 17.7 Å². The molecule has 1 aliphatic carbocycles. The van der Waals surface area contributed by atoms with E-state index in [0.29, 0.717) is 32.2 Å². The summed E-state index contributed by atoms with van der Waals surface area (Å²) < 4.78 is 5.50. The fraction of sp³-hybridized carbons (Fsp3) is 0.547. The minimum absolute atomic E-state index is 0.0359. The Labute approximate surface area is 455 Å². The summed E-state index contributed by atoms with van der Waals surface area (Å²) in [6.07, 6.45) is 1.64. The highest BCUT2D eigenvalue weighted by molar-refractivity contribution is 6.03. The number of urea groups is 1. The molecule has 3 atom stereocenters. The molecule has 11 N–H and O–H groups in total. The molecule has 5 rings (SSSR count). The van der Waals surface area contributed by atoms with Crippen molar-refractivity contribution in [3.63, 3.8) is 0 Å². The third-order valence-corrected chi connectivity index (χ3v) is 14.0. The Morgan fingerprint density at radius 3 is 1.52 bits per heavy atom. The number of hydrogen-bond acceptors (Lipinski definition) is 15. The number of ether oxygens (including phenoxy) is 1. The standard InChI is InChI=1S/C53H73N9O17/c63-44(29-59-17-19-60(30-46(66)67)21-23-62(32-48(70)71)24-22-61(20-18-59)31-47(68)69)55-28-34-12-14-35(15-13-34)49(72)56-42(27-40-38-8-3-1-6-36(38)26-37-7-2-4-9-39(37)40)50(73)54-16-25-79-33-43(52(76)77)58-53(78)57-41(51(74)75)10-5-11-45(64)65/h1-4,6-9,26,34-35,41-43H,5,10-25,27-33H2,(H,54,73)(H,55,63)(H,56,72)(H,64,65)(H,66,67)(H,68,69)(H,70,71)(H,74,75)(H,76,77)(H2,57,58,78)/t34?,35?,41-,42-,43-/m0/s1. The largest absolute Gasteiger partial charge is 0.481 e. The molecule has 0 unspecified atom stereocenters. The number of carbonyl (C=O) groups excluding carboxylic acids is 4. The van der Waals surface area contributed by atoms with Crippen molar-refractivity contribution in [2.75, 3.05) is 105 Å². The Balaban J connectivity index is 1.17. The molecule has 2 fully saturated rings. The molecule has 3 aromatic rings. The van der Waals surface area contributed by atoms with Gasteiger partial charge in [0, 0.05) is 84.2 Å². The topological polar surface area (TPSA) is 374 Å². The summed E-state index contributed by atoms with van der Waals surface area (Å²) >= 11 is 0. The molecule has 0 aromatic heterocycles. The van der Waals surface area contributed by atoms with Crippen LogP contribution >= 0.6 is 0 Å². The molecule has 26 nitrogen and oxygen atoms in total. The Kier molecular flexibility index (Phi) is 25.1. The summed E-state index contributed by atoms with van der Waals surface area (Å²) in [5, 5.41) is 73.3. The average molecular weight is 1110 g/mol. The number of rotatable bonds is 28. The average Bonchev–Trinajstić information content (AvgIpc) is 3.39. The summed E-state index contributed by atoms with van der Waals surface area (Å²) in [7, 11) is 0. The molecule has 0 radical (unpaired) electrons. The van der Waals surface area contributed by atoms with Gasteiger partial charge in [-0.15, -0.1) is 0 Å². The van der Waals surface area contributed by atoms with Crippen LogP contribution in [0.4, 0.5) is 4.79 Å². The Hall–Kier alpha value is -7.52. The third kappa shape index (κ3) is 21.7. The maximum absolute atomic E-state index is 14.1. The maximum Gasteiger partial charge on any atom is 0.328 e. The molecule has 3 aromatic carbocycles. The fourth-order valence-electron chi connectivity index (χ4n) is 9.78. The molecule has 0 bridgehead atoms. The Bertz CT molecular complexity index is 2530. The van der Waals surface area contributed by atoms with Crippen LogP contribution in [0, 0.1) is 11.8 Å². The molecule has 1 saturated carbocycles. The molecule has 1 saturated heterocycles. The van der Waals surface area contributed by atoms with Gasteiger partial charge in [0.15, 0.2) is 6.04 Å². The second-order valence-electron chi connectivity index (χ2n) is 19.9. The number of carboxylic acid groups (broad SMARTS) is 6. The minimum atomic E-state index is -1.62. The van der Waals surface area contributed by atoms with Crippen molar-refractivity contribution >= 4 is 81.1 Å². The number of nitrogens with one attached hydrogen (secondary N) is 5. The molecule has 0 spiro atoms. The van der Waals surface area contributed by atoms with Crippen LogP contribution in [-0.2, 0) is 54.3 Å². The van der Waals surface area contributed by atoms with E-state index in [2.05, 4.69) is 26.6 Å². The van der Waals surface area contributed by atoms with Gasteiger partial charge >= 0.3 is 41.8 Å². The number of benzene rings is 3. The lowest BCUT2D eigenvalue weighted by atomic mass is 9.81. The van der Waals surface area contributed by atoms with Crippen molar-refractivity contribution in [3.05, 3.63) is 60.2 Å². The molecule has 1 aliphatic heterocycles. The van der Waals surface area contributed by atoms with Crippen molar-refractivity contribution < 1.29 is 83.3 Å². The first kappa shape index (κ1) is 62.3. The van der Waals surface area contributed by atoms with Crippen molar-refractivity contribution in [2.24, 2.45) is 11.8 Å². The van der Waals surface area contributed by atoms with Crippen LogP contribution in [0.25, 0.3) is 21.5 Å². The van der Waals surface area contributed by atoms with Crippen LogP contribution in [-0.4, -0.2) is 233 Å². The van der Waals surface area contributed by atoms with Gasteiger partial charge in [0.25, 0.3) is 0 Å². The van der Waals surface area contributed by atoms with E-state index in [4.69, 9.17) is 9.84 Å². The zero-order valence-corrected chi connectivity index (χ0v) is 44.0. The van der Waals surface area contributed by atoms with E-state index in [1.165, 1.54) is 0 Å². The quantitative estimate of drug-likeness (QED) is 0.0337. The second-order valence-corrected chi connectivity index (χ2v) is 19.9. The highest BCUT2D eigenvalue weighted by Crippen LogP contribution is 2.31. The van der Waals surface area contributed by atoms with Crippen molar-refractivity contribution in [1.82, 2.24) is 46.2 Å². The molecule has 1 heterocycles. The molecule has 2 aliphatic rings. The van der Waals surface area contributed by atoms with Gasteiger partial charge in [-0.1, -0.05) is 48.5 Å². The number of aliphatic carboxylic acids is 6. The van der Waals surface area contributed by atoms with E-state index < -0.39 is 78.4 Å². The smallest absolute Gasteiger partial charge is 0.328 e. The summed E-state index contributed by atoms with van der Waals surface area (Å²) in [4.78, 5) is 130. The summed E-state index contributed by atoms with van der Waals surface area (Å²) in [5.41, 5.74) is 0.831. The number of carboxylic acids is 6. The summed E-state index contributed by atoms with van der Waals surface area (Å²) in [6.45, 7) is 0.611. The first-order valence-electron chi connectivity index (χ1n) is 26.4. The highest BCUT2D eigenvalue weighted by Gasteiger charge is 2.32. The number of hydrogen-bond donors (Lipinski definition) is 11. The number of fused-ring (bicyclic) bond motifs is 2. The van der Waals surface area contributed by atoms with Gasteiger partial charge in [-0.3, -0.25) is 53.2 Å². The highest BCUT2D eigenvalue weighted by atomic mass is 16.5. The fourth-order valence-corrected chi connectivity index (χ4v) is 9.78. The lowest BCUT2D eigenvalue weighted by molar-refractivity contribution is -0.141. The predicted molar refractivity (Wildman–Crippen MR) is 284 cm³/mol. The van der Waals surface area contributed by atoms with Crippen molar-refractivity contribution in [3.8, 4) is 0 Å². The van der Waals surface area contributed by atoms with Gasteiger partial charge in [-0.25, -0.2) is 14.4 Å². The van der Waals surface area contributed by atoms with Crippen LogP contribution in [0.15, 0.2) is 54.6 Å². The summed E-state index contributed by atoms with van der Waals surface area (Å²) in [5.74, 6) is -8.82. The van der Waals surface area contributed by atoms with E-state index in [0.717, 1.165) is 27.1 Å². The molecule has 26 heteroatoms. The van der Waals surface area contributed by atoms with Crippen LogP contribution in [0.2, 0.25) is 0 Å². The van der Waals surface area contributed by atoms with Crippen LogP contribution in [0.3, 0.4) is 0 Å². The normalized spacial score (nSPS) is 18.4. The Morgan fingerprint density at radius 2 is 1.04 bits per heavy atom. The first-order chi connectivity index (χ1) is 37.7. The maximum atomic E-state index is 14.1. The summed E-state index contributed by atoms with van der Waals surface area (Å²) in [6, 6.07) is 12.2. The molecular formula is C53H73N9O17. The predicted octanol–water partition coefficient (Wildman–Crippen LogP) is 0.0116. The molecule has 79 heavy (non-hydrogen) atoms. The van der Waals surface area contributed by atoms with Crippen LogP contribution < -0.4 is 26.6 Å². The Morgan fingerprint density at radius 1 is 0.557 bits per heavy atom. The molecule has 432 valence electrons. The monoisotopic (exact) mass is 1110 g/mol. The van der Waals surface area contributed by atoms with Crippen LogP contribution in [0.1, 0.15) is 50.5 Å². The van der Waals surface area contributed by atoms with Gasteiger partial charge in [0.05, 0.1) is 39.4 Å². The van der Waals surface area contributed by atoms with E-state index >= 15 is 0 Å². The van der Waals surface area contributed by atoms with Gasteiger partial charge in [0.1, 0.15) is 12.1 Å². The van der Waals surface area contributed by atoms with Gasteiger partial charge < -0.3 is 62.0 Å². The van der Waals surface area contributed by atoms with Gasteiger partial charge in [-0.2, -0.15) is 0 Å². The third-order valence-electron chi connectivity index (χ3n) is 14.0. The lowest BCUT2D eigenvalue weighted by Crippen LogP contribution is -2.52. The van der Waals surface area contributed by atoms with E-state index in [1.54, 1.807) is 14.7 Å². The zero-order chi connectivity index (χ0) is 57.4. The molecule has 5 amide bonds.